The van der Waals surface area contributed by atoms with E-state index >= 15 is 0 Å². The van der Waals surface area contributed by atoms with Crippen LogP contribution in [-0.4, -0.2) is 29.2 Å². The van der Waals surface area contributed by atoms with Gasteiger partial charge in [0.05, 0.1) is 11.2 Å². The lowest BCUT2D eigenvalue weighted by Crippen LogP contribution is -2.41. The van der Waals surface area contributed by atoms with E-state index in [9.17, 15) is 9.50 Å². The highest BCUT2D eigenvalue weighted by molar-refractivity contribution is 7.80. The van der Waals surface area contributed by atoms with Crippen LogP contribution in [0.1, 0.15) is 33.3 Å². The summed E-state index contributed by atoms with van der Waals surface area (Å²) in [4.78, 5) is 0. The van der Waals surface area contributed by atoms with Crippen molar-refractivity contribution in [2.24, 2.45) is 0 Å². The van der Waals surface area contributed by atoms with Gasteiger partial charge < -0.3 is 14.4 Å². The molecular weight excluding hydrogens is 325 g/mol. The molecule has 7 heteroatoms. The second kappa shape index (κ2) is 6.08. The Kier molecular flexibility index (Phi) is 4.88. The van der Waals surface area contributed by atoms with Crippen LogP contribution in [0.5, 0.6) is 5.75 Å². The zero-order valence-electron chi connectivity index (χ0n) is 13.0. The first-order chi connectivity index (χ1) is 10.1. The van der Waals surface area contributed by atoms with Crippen molar-refractivity contribution in [2.75, 3.05) is 5.75 Å². The standard InChI is InChI=1S/C15H19BClFO3S/c1-14(2)15(3,4)21-16(20-14)10(8-22)5-9-6-11(17)7-12(18)13(9)19/h5-7,19,22H,8H2,1-4H3. The molecule has 0 saturated carbocycles. The summed E-state index contributed by atoms with van der Waals surface area (Å²) in [5, 5.41) is 10.0. The van der Waals surface area contributed by atoms with Crippen molar-refractivity contribution >= 4 is 37.4 Å². The molecule has 0 atom stereocenters. The van der Waals surface area contributed by atoms with Crippen LogP contribution in [0.2, 0.25) is 5.02 Å². The summed E-state index contributed by atoms with van der Waals surface area (Å²) in [6.45, 7) is 7.78. The average Bonchev–Trinajstić information content (AvgIpc) is 2.60. The Hall–Kier alpha value is -0.685. The van der Waals surface area contributed by atoms with Crippen LogP contribution >= 0.6 is 24.2 Å². The first-order valence-corrected chi connectivity index (χ1v) is 7.93. The predicted molar refractivity (Wildman–Crippen MR) is 91.0 cm³/mol. The van der Waals surface area contributed by atoms with Crippen molar-refractivity contribution < 1.29 is 18.8 Å². The number of aromatic hydroxyl groups is 1. The van der Waals surface area contributed by atoms with Crippen LogP contribution in [0, 0.1) is 5.82 Å². The summed E-state index contributed by atoms with van der Waals surface area (Å²) >= 11 is 10.1. The first-order valence-electron chi connectivity index (χ1n) is 6.92. The van der Waals surface area contributed by atoms with Gasteiger partial charge >= 0.3 is 7.12 Å². The Bertz CT molecular complexity index is 603. The molecule has 0 aliphatic carbocycles. The number of hydrogen-bond donors (Lipinski definition) is 2. The molecule has 1 heterocycles. The van der Waals surface area contributed by atoms with Crippen molar-refractivity contribution in [1.29, 1.82) is 0 Å². The molecule has 1 aromatic rings. The van der Waals surface area contributed by atoms with Gasteiger partial charge in [-0.3, -0.25) is 0 Å². The average molecular weight is 345 g/mol. The second-order valence-electron chi connectivity index (χ2n) is 6.29. The van der Waals surface area contributed by atoms with E-state index < -0.39 is 29.9 Å². The fourth-order valence-corrected chi connectivity index (χ4v) is 2.53. The summed E-state index contributed by atoms with van der Waals surface area (Å²) in [6, 6.07) is 2.54. The van der Waals surface area contributed by atoms with Crippen LogP contribution in [0.25, 0.3) is 6.08 Å². The van der Waals surface area contributed by atoms with E-state index in [0.29, 0.717) is 11.2 Å². The van der Waals surface area contributed by atoms with Crippen LogP contribution in [0.4, 0.5) is 4.39 Å². The fraction of sp³-hybridized carbons (Fsp3) is 0.467. The lowest BCUT2D eigenvalue weighted by molar-refractivity contribution is 0.00578. The van der Waals surface area contributed by atoms with Gasteiger partial charge in [0, 0.05) is 16.3 Å². The molecule has 3 nitrogen and oxygen atoms in total. The van der Waals surface area contributed by atoms with Gasteiger partial charge in [-0.15, -0.1) is 0 Å². The Labute approximate surface area is 141 Å². The highest BCUT2D eigenvalue weighted by atomic mass is 35.5. The Morgan fingerprint density at radius 3 is 2.36 bits per heavy atom. The number of halogens is 2. The molecule has 0 spiro atoms. The predicted octanol–water partition coefficient (Wildman–Crippen LogP) is 4.13. The maximum absolute atomic E-state index is 13.6. The summed E-state index contributed by atoms with van der Waals surface area (Å²) in [5.74, 6) is -0.893. The largest absolute Gasteiger partial charge is 0.504 e. The lowest BCUT2D eigenvalue weighted by atomic mass is 9.78. The van der Waals surface area contributed by atoms with E-state index in [0.717, 1.165) is 6.07 Å². The molecule has 0 bridgehead atoms. The molecule has 1 aliphatic rings. The molecule has 0 radical (unpaired) electrons. The van der Waals surface area contributed by atoms with Crippen molar-refractivity contribution in [3.63, 3.8) is 0 Å². The number of hydrogen-bond acceptors (Lipinski definition) is 4. The van der Waals surface area contributed by atoms with E-state index in [2.05, 4.69) is 12.6 Å². The number of phenols is 1. The van der Waals surface area contributed by atoms with E-state index in [4.69, 9.17) is 20.9 Å². The zero-order chi connectivity index (χ0) is 16.7. The fourth-order valence-electron chi connectivity index (χ4n) is 2.08. The summed E-state index contributed by atoms with van der Waals surface area (Å²) in [7, 11) is -0.607. The van der Waals surface area contributed by atoms with E-state index in [-0.39, 0.29) is 10.6 Å². The van der Waals surface area contributed by atoms with Gasteiger partial charge in [-0.1, -0.05) is 17.7 Å². The minimum absolute atomic E-state index is 0.203. The third-order valence-corrected chi connectivity index (χ3v) is 4.72. The van der Waals surface area contributed by atoms with Crippen molar-refractivity contribution in [1.82, 2.24) is 0 Å². The SMILES string of the molecule is CC1(C)OB(C(=Cc2cc(Cl)cc(F)c2O)CS)OC1(C)C. The Morgan fingerprint density at radius 1 is 1.32 bits per heavy atom. The van der Waals surface area contributed by atoms with Gasteiger partial charge in [0.2, 0.25) is 0 Å². The highest BCUT2D eigenvalue weighted by Gasteiger charge is 2.52. The third kappa shape index (κ3) is 3.30. The summed E-state index contributed by atoms with van der Waals surface area (Å²) in [5.41, 5.74) is -0.0226. The number of benzene rings is 1. The van der Waals surface area contributed by atoms with Gasteiger partial charge in [-0.05, 0) is 45.3 Å². The molecule has 1 aliphatic heterocycles. The molecule has 2 rings (SSSR count). The van der Waals surface area contributed by atoms with Crippen LogP contribution in [0.3, 0.4) is 0 Å². The van der Waals surface area contributed by atoms with Gasteiger partial charge in [-0.25, -0.2) is 4.39 Å². The first kappa shape index (κ1) is 17.7. The third-order valence-electron chi connectivity index (χ3n) is 4.14. The van der Waals surface area contributed by atoms with Gasteiger partial charge in [0.25, 0.3) is 0 Å². The molecule has 0 unspecified atom stereocenters. The van der Waals surface area contributed by atoms with Crippen molar-refractivity contribution in [3.8, 4) is 5.75 Å². The van der Waals surface area contributed by atoms with Crippen LogP contribution < -0.4 is 0 Å². The second-order valence-corrected chi connectivity index (χ2v) is 7.04. The molecule has 1 N–H and O–H groups in total. The monoisotopic (exact) mass is 344 g/mol. The Balaban J connectivity index is 2.38. The normalized spacial score (nSPS) is 20.5. The molecule has 22 heavy (non-hydrogen) atoms. The molecular formula is C15H19BClFO3S. The number of rotatable bonds is 3. The Morgan fingerprint density at radius 2 is 1.86 bits per heavy atom. The van der Waals surface area contributed by atoms with Crippen molar-refractivity contribution in [2.45, 2.75) is 38.9 Å². The molecule has 0 aromatic heterocycles. The maximum Gasteiger partial charge on any atom is 0.491 e. The van der Waals surface area contributed by atoms with Gasteiger partial charge in [0.1, 0.15) is 0 Å². The minimum atomic E-state index is -0.772. The van der Waals surface area contributed by atoms with Crippen LogP contribution in [0.15, 0.2) is 17.6 Å². The molecule has 1 fully saturated rings. The summed E-state index contributed by atoms with van der Waals surface area (Å²) < 4.78 is 25.5. The molecule has 1 aromatic carbocycles. The number of thiol groups is 1. The van der Waals surface area contributed by atoms with E-state index in [1.54, 1.807) is 6.08 Å². The van der Waals surface area contributed by atoms with Gasteiger partial charge in [-0.2, -0.15) is 12.6 Å². The highest BCUT2D eigenvalue weighted by Crippen LogP contribution is 2.39. The summed E-state index contributed by atoms with van der Waals surface area (Å²) in [6.07, 6.45) is 1.60. The topological polar surface area (TPSA) is 38.7 Å². The minimum Gasteiger partial charge on any atom is -0.504 e. The number of phenolic OH excluding ortho intramolecular Hbond substituents is 1. The van der Waals surface area contributed by atoms with E-state index in [1.165, 1.54) is 6.07 Å². The maximum atomic E-state index is 13.6. The quantitative estimate of drug-likeness (QED) is 0.639. The zero-order valence-corrected chi connectivity index (χ0v) is 14.6. The molecule has 120 valence electrons. The van der Waals surface area contributed by atoms with E-state index in [1.807, 2.05) is 27.7 Å². The smallest absolute Gasteiger partial charge is 0.491 e. The van der Waals surface area contributed by atoms with Crippen molar-refractivity contribution in [3.05, 3.63) is 34.0 Å². The molecule has 0 amide bonds. The van der Waals surface area contributed by atoms with Crippen LogP contribution in [-0.2, 0) is 9.31 Å². The lowest BCUT2D eigenvalue weighted by Gasteiger charge is -2.32. The van der Waals surface area contributed by atoms with Gasteiger partial charge in [0.15, 0.2) is 11.6 Å². The molecule has 1 saturated heterocycles.